The van der Waals surface area contributed by atoms with Crippen molar-refractivity contribution in [2.45, 2.75) is 30.0 Å². The minimum absolute atomic E-state index is 0.222. The van der Waals surface area contributed by atoms with E-state index in [1.807, 2.05) is 24.3 Å². The number of hydrogen-bond donors (Lipinski definition) is 2. The largest absolute Gasteiger partial charge is 0.366 e. The Kier molecular flexibility index (Phi) is 10.7. The van der Waals surface area contributed by atoms with Gasteiger partial charge in [-0.3, -0.25) is 9.59 Å². The smallest absolute Gasteiger partial charge is 0.252 e. The van der Waals surface area contributed by atoms with Crippen molar-refractivity contribution in [2.24, 2.45) is 11.7 Å². The second kappa shape index (κ2) is 14.4. The molecule has 0 unspecified atom stereocenters. The molecule has 1 fully saturated rings. The lowest BCUT2D eigenvalue weighted by atomic mass is 9.91. The molecular weight excluding hydrogens is 578 g/mol. The number of carbonyl (C=O) groups excluding carboxylic acids is 2. The number of thiophene rings is 1. The van der Waals surface area contributed by atoms with Gasteiger partial charge in [-0.1, -0.05) is 60.1 Å². The van der Waals surface area contributed by atoms with Crippen LogP contribution in [0.2, 0.25) is 5.02 Å². The predicted octanol–water partition coefficient (Wildman–Crippen LogP) is 5.76. The van der Waals surface area contributed by atoms with Crippen LogP contribution in [0.1, 0.15) is 44.0 Å². The highest BCUT2D eigenvalue weighted by molar-refractivity contribution is 7.91. The minimum atomic E-state index is -3.51. The summed E-state index contributed by atoms with van der Waals surface area (Å²) in [5.74, 6) is -0.0959. The zero-order valence-corrected chi connectivity index (χ0v) is 24.8. The summed E-state index contributed by atoms with van der Waals surface area (Å²) in [7, 11) is -3.51. The summed E-state index contributed by atoms with van der Waals surface area (Å²) < 4.78 is 28.1. The third-order valence-electron chi connectivity index (χ3n) is 6.76. The molecule has 1 saturated heterocycles. The highest BCUT2D eigenvalue weighted by Gasteiger charge is 2.30. The molecule has 0 aliphatic carbocycles. The molecule has 214 valence electrons. The zero-order chi connectivity index (χ0) is 29.2. The molecule has 0 bridgehead atoms. The van der Waals surface area contributed by atoms with Gasteiger partial charge in [0.1, 0.15) is 4.21 Å². The first kappa shape index (κ1) is 30.5. The van der Waals surface area contributed by atoms with Crippen molar-refractivity contribution >= 4 is 44.8 Å². The number of nitrogens with two attached hydrogens (primary N) is 1. The van der Waals surface area contributed by atoms with Crippen LogP contribution in [0.3, 0.4) is 0 Å². The molecule has 41 heavy (non-hydrogen) atoms. The number of halogens is 1. The molecule has 3 aromatic carbocycles. The Morgan fingerprint density at radius 3 is 2.05 bits per heavy atom. The maximum Gasteiger partial charge on any atom is 0.252 e. The van der Waals surface area contributed by atoms with Crippen molar-refractivity contribution in [3.63, 3.8) is 0 Å². The molecular formula is C31H32ClN3O4S2. The van der Waals surface area contributed by atoms with Crippen molar-refractivity contribution in [1.29, 1.82) is 0 Å². The quantitative estimate of drug-likeness (QED) is 0.265. The lowest BCUT2D eigenvalue weighted by Gasteiger charge is -2.30. The van der Waals surface area contributed by atoms with Gasteiger partial charge in [0.05, 0.1) is 6.54 Å². The van der Waals surface area contributed by atoms with Crippen LogP contribution in [0, 0.1) is 5.92 Å². The van der Waals surface area contributed by atoms with E-state index in [1.54, 1.807) is 65.0 Å². The molecule has 1 aliphatic rings. The molecule has 1 aromatic heterocycles. The molecule has 0 radical (unpaired) electrons. The Labute approximate surface area is 250 Å². The summed E-state index contributed by atoms with van der Waals surface area (Å²) in [5.41, 5.74) is 7.34. The molecule has 0 spiro atoms. The van der Waals surface area contributed by atoms with Gasteiger partial charge in [-0.05, 0) is 79.3 Å². The second-order valence-electron chi connectivity index (χ2n) is 9.68. The van der Waals surface area contributed by atoms with E-state index in [4.69, 9.17) is 17.3 Å². The van der Waals surface area contributed by atoms with Gasteiger partial charge in [0.2, 0.25) is 5.91 Å². The lowest BCUT2D eigenvalue weighted by Crippen LogP contribution is -2.38. The summed E-state index contributed by atoms with van der Waals surface area (Å²) in [6.45, 7) is 1.36. The fourth-order valence-electron chi connectivity index (χ4n) is 4.49. The van der Waals surface area contributed by atoms with Gasteiger partial charge in [-0.2, -0.15) is 4.31 Å². The first-order valence-corrected chi connectivity index (χ1v) is 15.9. The molecule has 1 aliphatic heterocycles. The van der Waals surface area contributed by atoms with E-state index in [0.29, 0.717) is 39.4 Å². The second-order valence-corrected chi connectivity index (χ2v) is 13.4. The maximum absolute atomic E-state index is 13.1. The third-order valence-corrected chi connectivity index (χ3v) is 10.5. The van der Waals surface area contributed by atoms with E-state index in [0.717, 1.165) is 24.1 Å². The Balaban J connectivity index is 0.000000367. The van der Waals surface area contributed by atoms with Crippen LogP contribution in [0.4, 0.5) is 0 Å². The predicted molar refractivity (Wildman–Crippen MR) is 164 cm³/mol. The molecule has 3 N–H and O–H groups in total. The van der Waals surface area contributed by atoms with Crippen LogP contribution in [0.25, 0.3) is 0 Å². The molecule has 4 aromatic rings. The van der Waals surface area contributed by atoms with E-state index < -0.39 is 10.0 Å². The van der Waals surface area contributed by atoms with E-state index in [1.165, 1.54) is 16.9 Å². The summed E-state index contributed by atoms with van der Waals surface area (Å²) in [5, 5.41) is 3.40. The van der Waals surface area contributed by atoms with Crippen LogP contribution >= 0.6 is 22.9 Å². The first-order valence-electron chi connectivity index (χ1n) is 13.2. The zero-order valence-electron chi connectivity index (χ0n) is 22.4. The summed E-state index contributed by atoms with van der Waals surface area (Å²) in [4.78, 5) is 23.5. The fourth-order valence-corrected chi connectivity index (χ4v) is 7.54. The van der Waals surface area contributed by atoms with Gasteiger partial charge in [0.15, 0.2) is 0 Å². The Morgan fingerprint density at radius 1 is 0.854 bits per heavy atom. The number of nitrogens with zero attached hydrogens (tertiary/aromatic N) is 1. The van der Waals surface area contributed by atoms with Gasteiger partial charge < -0.3 is 11.1 Å². The van der Waals surface area contributed by atoms with Crippen LogP contribution in [-0.2, 0) is 23.0 Å². The number of carbonyl (C=O) groups is 2. The fraction of sp³-hybridized carbons (Fsp3) is 0.226. The normalized spacial score (nSPS) is 14.1. The van der Waals surface area contributed by atoms with Crippen LogP contribution in [0.15, 0.2) is 101 Å². The number of amides is 2. The maximum atomic E-state index is 13.1. The number of primary amides is 1. The minimum Gasteiger partial charge on any atom is -0.366 e. The van der Waals surface area contributed by atoms with Gasteiger partial charge in [0, 0.05) is 34.1 Å². The standard InChI is InChI=1S/C24H25ClN2O3S2.C7H7NO/c25-21-8-6-20(7-9-21)24(28)26-17-22-10-11-23(31-22)32(29,30)27-14-12-19(13-15-27)16-18-4-2-1-3-5-18;8-7(9)6-4-2-1-3-5-6/h1-11,19H,12-17H2,(H,26,28);1-5H,(H2,8,9). The van der Waals surface area contributed by atoms with Gasteiger partial charge in [0.25, 0.3) is 15.9 Å². The Bertz CT molecular complexity index is 1540. The number of sulfonamides is 1. The highest BCUT2D eigenvalue weighted by Crippen LogP contribution is 2.29. The average molecular weight is 610 g/mol. The lowest BCUT2D eigenvalue weighted by molar-refractivity contribution is 0.0950. The number of nitrogens with one attached hydrogen (secondary N) is 1. The number of hydrogen-bond acceptors (Lipinski definition) is 5. The third kappa shape index (κ3) is 8.74. The topological polar surface area (TPSA) is 110 Å². The SMILES string of the molecule is NC(=O)c1ccccc1.O=C(NCc1ccc(S(=O)(=O)N2CCC(Cc3ccccc3)CC2)s1)c1ccc(Cl)cc1. The van der Waals surface area contributed by atoms with E-state index in [-0.39, 0.29) is 18.4 Å². The van der Waals surface area contributed by atoms with Gasteiger partial charge >= 0.3 is 0 Å². The van der Waals surface area contributed by atoms with E-state index in [9.17, 15) is 18.0 Å². The molecule has 2 heterocycles. The van der Waals surface area contributed by atoms with Crippen molar-refractivity contribution in [3.8, 4) is 0 Å². The summed E-state index contributed by atoms with van der Waals surface area (Å²) in [6, 6.07) is 29.2. The number of piperidine rings is 1. The van der Waals surface area contributed by atoms with E-state index >= 15 is 0 Å². The monoisotopic (exact) mass is 609 g/mol. The number of benzene rings is 3. The highest BCUT2D eigenvalue weighted by atomic mass is 35.5. The van der Waals surface area contributed by atoms with Crippen LogP contribution in [0.5, 0.6) is 0 Å². The summed E-state index contributed by atoms with van der Waals surface area (Å²) in [6.07, 6.45) is 2.72. The molecule has 10 heteroatoms. The van der Waals surface area contributed by atoms with Gasteiger partial charge in [-0.25, -0.2) is 8.42 Å². The van der Waals surface area contributed by atoms with Crippen molar-refractivity contribution in [1.82, 2.24) is 9.62 Å². The van der Waals surface area contributed by atoms with E-state index in [2.05, 4.69) is 17.4 Å². The van der Waals surface area contributed by atoms with Crippen molar-refractivity contribution in [3.05, 3.63) is 124 Å². The molecule has 7 nitrogen and oxygen atoms in total. The Hall–Kier alpha value is -3.50. The average Bonchev–Trinajstić information content (AvgIpc) is 3.48. The van der Waals surface area contributed by atoms with Gasteiger partial charge in [-0.15, -0.1) is 11.3 Å². The van der Waals surface area contributed by atoms with Crippen LogP contribution in [-0.4, -0.2) is 37.6 Å². The molecule has 2 amide bonds. The molecule has 0 saturated carbocycles. The van der Waals surface area contributed by atoms with Crippen molar-refractivity contribution < 1.29 is 18.0 Å². The molecule has 0 atom stereocenters. The number of rotatable bonds is 8. The first-order chi connectivity index (χ1) is 19.7. The van der Waals surface area contributed by atoms with Crippen LogP contribution < -0.4 is 11.1 Å². The molecule has 5 rings (SSSR count). The Morgan fingerprint density at radius 2 is 1.46 bits per heavy atom. The summed E-state index contributed by atoms with van der Waals surface area (Å²) >= 11 is 7.06. The van der Waals surface area contributed by atoms with Crippen molar-refractivity contribution in [2.75, 3.05) is 13.1 Å².